The van der Waals surface area contributed by atoms with Crippen molar-refractivity contribution in [2.75, 3.05) is 20.2 Å². The SMILES string of the molecule is C=CCCC(O)CN(Cc1c(CC)nn(-c2ccccc2)c1Oc1ccc(OC)cc1)CC(C)C. The highest BCUT2D eigenvalue weighted by molar-refractivity contribution is 5.44. The molecule has 0 aliphatic rings. The van der Waals surface area contributed by atoms with E-state index in [0.717, 1.165) is 42.1 Å². The second-order valence-corrected chi connectivity index (χ2v) is 9.22. The number of aliphatic hydroxyl groups is 1. The number of hydrogen-bond acceptors (Lipinski definition) is 5. The molecule has 3 rings (SSSR count). The molecule has 1 atom stereocenters. The Bertz CT molecular complexity index is 1050. The molecule has 0 spiro atoms. The molecule has 0 saturated carbocycles. The van der Waals surface area contributed by atoms with Crippen LogP contribution in [0.1, 0.15) is 44.9 Å². The summed E-state index contributed by atoms with van der Waals surface area (Å²) in [6, 6.07) is 17.6. The van der Waals surface area contributed by atoms with Gasteiger partial charge in [0.2, 0.25) is 5.88 Å². The summed E-state index contributed by atoms with van der Waals surface area (Å²) >= 11 is 0. The Morgan fingerprint density at radius 1 is 1.06 bits per heavy atom. The maximum atomic E-state index is 10.7. The van der Waals surface area contributed by atoms with E-state index >= 15 is 0 Å². The second-order valence-electron chi connectivity index (χ2n) is 9.22. The van der Waals surface area contributed by atoms with Crippen molar-refractivity contribution in [1.82, 2.24) is 14.7 Å². The Balaban J connectivity index is 2.01. The predicted octanol–water partition coefficient (Wildman–Crippen LogP) is 6.02. The molecule has 6 heteroatoms. The quantitative estimate of drug-likeness (QED) is 0.288. The molecule has 0 fully saturated rings. The number of para-hydroxylation sites is 1. The number of nitrogens with zero attached hydrogens (tertiary/aromatic N) is 3. The molecule has 188 valence electrons. The number of allylic oxidation sites excluding steroid dienone is 1. The molecule has 0 aliphatic carbocycles. The average molecular weight is 478 g/mol. The first-order valence-corrected chi connectivity index (χ1v) is 12.4. The number of aromatic nitrogens is 2. The number of hydrogen-bond donors (Lipinski definition) is 1. The number of rotatable bonds is 14. The van der Waals surface area contributed by atoms with E-state index in [1.807, 2.05) is 65.4 Å². The Morgan fingerprint density at radius 3 is 2.34 bits per heavy atom. The lowest BCUT2D eigenvalue weighted by Gasteiger charge is -2.27. The van der Waals surface area contributed by atoms with E-state index in [-0.39, 0.29) is 0 Å². The molecule has 0 bridgehead atoms. The molecule has 2 aromatic carbocycles. The zero-order chi connectivity index (χ0) is 25.2. The Morgan fingerprint density at radius 2 is 1.74 bits per heavy atom. The van der Waals surface area contributed by atoms with E-state index < -0.39 is 6.10 Å². The third-order valence-electron chi connectivity index (χ3n) is 5.81. The van der Waals surface area contributed by atoms with Gasteiger partial charge in [-0.25, -0.2) is 4.68 Å². The van der Waals surface area contributed by atoms with Gasteiger partial charge in [0, 0.05) is 19.6 Å². The molecule has 35 heavy (non-hydrogen) atoms. The van der Waals surface area contributed by atoms with Crippen LogP contribution in [-0.4, -0.2) is 46.1 Å². The third-order valence-corrected chi connectivity index (χ3v) is 5.81. The highest BCUT2D eigenvalue weighted by Gasteiger charge is 2.24. The number of ether oxygens (including phenoxy) is 2. The van der Waals surface area contributed by atoms with E-state index in [1.165, 1.54) is 0 Å². The molecular formula is C29H39N3O3. The zero-order valence-corrected chi connectivity index (χ0v) is 21.5. The molecule has 0 radical (unpaired) electrons. The first-order valence-electron chi connectivity index (χ1n) is 12.4. The van der Waals surface area contributed by atoms with Crippen molar-refractivity contribution < 1.29 is 14.6 Å². The van der Waals surface area contributed by atoms with Crippen molar-refractivity contribution in [3.63, 3.8) is 0 Å². The number of methoxy groups -OCH3 is 1. The fourth-order valence-electron chi connectivity index (χ4n) is 4.17. The summed E-state index contributed by atoms with van der Waals surface area (Å²) in [4.78, 5) is 2.31. The van der Waals surface area contributed by atoms with Crippen LogP contribution in [0, 0.1) is 5.92 Å². The van der Waals surface area contributed by atoms with Crippen molar-refractivity contribution >= 4 is 0 Å². The number of aliphatic hydroxyl groups excluding tert-OH is 1. The predicted molar refractivity (Wildman–Crippen MR) is 142 cm³/mol. The summed E-state index contributed by atoms with van der Waals surface area (Å²) in [6.45, 7) is 12.4. The smallest absolute Gasteiger partial charge is 0.227 e. The number of benzene rings is 2. The fraction of sp³-hybridized carbons (Fsp3) is 0.414. The average Bonchev–Trinajstić information content (AvgIpc) is 3.20. The first-order chi connectivity index (χ1) is 16.9. The third kappa shape index (κ3) is 7.44. The van der Waals surface area contributed by atoms with Crippen LogP contribution >= 0.6 is 0 Å². The summed E-state index contributed by atoms with van der Waals surface area (Å²) < 4.78 is 13.7. The molecule has 6 nitrogen and oxygen atoms in total. The van der Waals surface area contributed by atoms with Gasteiger partial charge in [-0.05, 0) is 61.6 Å². The molecule has 1 heterocycles. The summed E-state index contributed by atoms with van der Waals surface area (Å²) in [5.41, 5.74) is 2.98. The Labute approximate surface area is 209 Å². The summed E-state index contributed by atoms with van der Waals surface area (Å²) in [7, 11) is 1.65. The zero-order valence-electron chi connectivity index (χ0n) is 21.5. The van der Waals surface area contributed by atoms with Gasteiger partial charge in [0.25, 0.3) is 0 Å². The topological polar surface area (TPSA) is 59.8 Å². The van der Waals surface area contributed by atoms with Gasteiger partial charge in [-0.2, -0.15) is 5.10 Å². The van der Waals surface area contributed by atoms with Crippen molar-refractivity contribution in [3.05, 3.63) is 78.5 Å². The van der Waals surface area contributed by atoms with Crippen LogP contribution in [0.3, 0.4) is 0 Å². The number of aryl methyl sites for hydroxylation is 1. The van der Waals surface area contributed by atoms with E-state index in [4.69, 9.17) is 14.6 Å². The first kappa shape index (κ1) is 26.5. The van der Waals surface area contributed by atoms with Crippen LogP contribution in [0.2, 0.25) is 0 Å². The molecule has 1 unspecified atom stereocenters. The van der Waals surface area contributed by atoms with Crippen LogP contribution in [0.25, 0.3) is 5.69 Å². The molecule has 0 saturated heterocycles. The summed E-state index contributed by atoms with van der Waals surface area (Å²) in [6.07, 6.45) is 3.73. The summed E-state index contributed by atoms with van der Waals surface area (Å²) in [5, 5.41) is 15.6. The van der Waals surface area contributed by atoms with Crippen molar-refractivity contribution in [3.8, 4) is 23.1 Å². The van der Waals surface area contributed by atoms with Crippen LogP contribution < -0.4 is 9.47 Å². The maximum absolute atomic E-state index is 10.7. The van der Waals surface area contributed by atoms with Crippen LogP contribution in [0.15, 0.2) is 67.3 Å². The lowest BCUT2D eigenvalue weighted by Crippen LogP contribution is -2.35. The summed E-state index contributed by atoms with van der Waals surface area (Å²) in [5.74, 6) is 2.66. The van der Waals surface area contributed by atoms with Crippen LogP contribution in [0.5, 0.6) is 17.4 Å². The van der Waals surface area contributed by atoms with Gasteiger partial charge >= 0.3 is 0 Å². The second kappa shape index (κ2) is 13.1. The van der Waals surface area contributed by atoms with Crippen molar-refractivity contribution in [1.29, 1.82) is 0 Å². The maximum Gasteiger partial charge on any atom is 0.227 e. The highest BCUT2D eigenvalue weighted by Crippen LogP contribution is 2.33. The lowest BCUT2D eigenvalue weighted by molar-refractivity contribution is 0.0951. The monoisotopic (exact) mass is 477 g/mol. The van der Waals surface area contributed by atoms with Gasteiger partial charge in [0.1, 0.15) is 11.5 Å². The van der Waals surface area contributed by atoms with Gasteiger partial charge in [-0.3, -0.25) is 4.90 Å². The van der Waals surface area contributed by atoms with E-state index in [0.29, 0.717) is 37.1 Å². The van der Waals surface area contributed by atoms with Crippen LogP contribution in [0.4, 0.5) is 0 Å². The molecule has 0 aliphatic heterocycles. The van der Waals surface area contributed by atoms with Crippen molar-refractivity contribution in [2.24, 2.45) is 5.92 Å². The largest absolute Gasteiger partial charge is 0.497 e. The van der Waals surface area contributed by atoms with Gasteiger partial charge in [-0.15, -0.1) is 6.58 Å². The minimum absolute atomic E-state index is 0.410. The molecule has 3 aromatic rings. The van der Waals surface area contributed by atoms with Gasteiger partial charge in [0.05, 0.1) is 30.2 Å². The highest BCUT2D eigenvalue weighted by atomic mass is 16.5. The fourth-order valence-corrected chi connectivity index (χ4v) is 4.17. The van der Waals surface area contributed by atoms with E-state index in [9.17, 15) is 5.11 Å². The van der Waals surface area contributed by atoms with Gasteiger partial charge < -0.3 is 14.6 Å². The van der Waals surface area contributed by atoms with E-state index in [2.05, 4.69) is 32.3 Å². The lowest BCUT2D eigenvalue weighted by atomic mass is 10.1. The normalized spacial score (nSPS) is 12.2. The standard InChI is InChI=1S/C29H39N3O3/c1-6-8-14-24(33)20-31(19-22(3)4)21-27-28(7-2)30-32(23-12-10-9-11-13-23)29(27)35-26-17-15-25(34-5)16-18-26/h6,9-13,15-18,22,24,33H,1,7-8,14,19-21H2,2-5H3. The van der Waals surface area contributed by atoms with Gasteiger partial charge in [-0.1, -0.05) is 45.0 Å². The van der Waals surface area contributed by atoms with E-state index in [1.54, 1.807) is 7.11 Å². The molecular weight excluding hydrogens is 438 g/mol. The molecule has 1 N–H and O–H groups in total. The Kier molecular flexibility index (Phi) is 9.94. The minimum atomic E-state index is -0.410. The molecule has 1 aromatic heterocycles. The minimum Gasteiger partial charge on any atom is -0.497 e. The Hall–Kier alpha value is -3.09. The van der Waals surface area contributed by atoms with Gasteiger partial charge in [0.15, 0.2) is 0 Å². The van der Waals surface area contributed by atoms with Crippen LogP contribution in [-0.2, 0) is 13.0 Å². The molecule has 0 amide bonds. The van der Waals surface area contributed by atoms with Crippen molar-refractivity contribution in [2.45, 2.75) is 52.7 Å².